The number of anilines is 2. The van der Waals surface area contributed by atoms with Crippen molar-refractivity contribution < 1.29 is 14.3 Å². The third-order valence-electron chi connectivity index (χ3n) is 5.11. The molecule has 1 saturated heterocycles. The first-order chi connectivity index (χ1) is 16.3. The predicted molar refractivity (Wildman–Crippen MR) is 146 cm³/mol. The number of rotatable bonds is 6. The molecule has 1 fully saturated rings. The van der Waals surface area contributed by atoms with Gasteiger partial charge in [0.2, 0.25) is 0 Å². The Kier molecular flexibility index (Phi) is 7.50. The number of nitrogens with one attached hydrogen (secondary N) is 1. The fourth-order valence-electron chi connectivity index (χ4n) is 3.35. The third-order valence-corrected chi connectivity index (χ3v) is 6.91. The average Bonchev–Trinajstić information content (AvgIpc) is 3.08. The Morgan fingerprint density at radius 1 is 1.12 bits per heavy atom. The van der Waals surface area contributed by atoms with E-state index in [4.69, 9.17) is 17.0 Å². The molecule has 0 aromatic heterocycles. The van der Waals surface area contributed by atoms with Gasteiger partial charge in [-0.3, -0.25) is 14.5 Å². The van der Waals surface area contributed by atoms with Crippen molar-refractivity contribution in [1.82, 2.24) is 0 Å². The van der Waals surface area contributed by atoms with Gasteiger partial charge in [0.15, 0.2) is 10.9 Å². The summed E-state index contributed by atoms with van der Waals surface area (Å²) in [7, 11) is 0. The molecule has 1 N–H and O–H groups in total. The minimum atomic E-state index is -0.272. The van der Waals surface area contributed by atoms with E-state index in [1.165, 1.54) is 16.7 Å². The van der Waals surface area contributed by atoms with Crippen molar-refractivity contribution in [3.8, 4) is 5.75 Å². The second-order valence-corrected chi connectivity index (χ2v) is 10.3. The number of benzene rings is 3. The molecule has 2 amide bonds. The van der Waals surface area contributed by atoms with E-state index in [9.17, 15) is 9.59 Å². The number of aryl methyl sites for hydroxylation is 2. The fourth-order valence-corrected chi connectivity index (χ4v) is 5.12. The van der Waals surface area contributed by atoms with Gasteiger partial charge < -0.3 is 10.1 Å². The van der Waals surface area contributed by atoms with Crippen LogP contribution in [0.3, 0.4) is 0 Å². The summed E-state index contributed by atoms with van der Waals surface area (Å²) in [5, 5.41) is 2.86. The molecule has 0 radical (unpaired) electrons. The first-order valence-corrected chi connectivity index (χ1v) is 12.5. The van der Waals surface area contributed by atoms with Crippen LogP contribution in [0.15, 0.2) is 76.1 Å². The highest BCUT2D eigenvalue weighted by atomic mass is 79.9. The van der Waals surface area contributed by atoms with E-state index in [1.54, 1.807) is 12.1 Å². The normalized spacial score (nSPS) is 14.6. The number of nitrogens with zero attached hydrogens (tertiary/aromatic N) is 1. The number of thioether (sulfide) groups is 1. The Balaban J connectivity index is 1.48. The van der Waals surface area contributed by atoms with Crippen LogP contribution in [0.25, 0.3) is 6.08 Å². The lowest BCUT2D eigenvalue weighted by Crippen LogP contribution is -2.27. The van der Waals surface area contributed by atoms with Crippen LogP contribution in [0.5, 0.6) is 5.75 Å². The van der Waals surface area contributed by atoms with E-state index >= 15 is 0 Å². The first-order valence-electron chi connectivity index (χ1n) is 10.4. The van der Waals surface area contributed by atoms with Gasteiger partial charge in [-0.05, 0) is 61.9 Å². The maximum atomic E-state index is 13.1. The number of hydrogen-bond donors (Lipinski definition) is 1. The number of thiocarbonyl (C=S) groups is 1. The maximum Gasteiger partial charge on any atom is 0.270 e. The SMILES string of the molecule is Cc1ccc(N2C(=O)/C(=C/c3ccccc3OCC(=O)Nc3ccc(Br)cc3C)SC2=S)cc1. The van der Waals surface area contributed by atoms with Gasteiger partial charge in [0.25, 0.3) is 11.8 Å². The van der Waals surface area contributed by atoms with Crippen molar-refractivity contribution in [2.45, 2.75) is 13.8 Å². The maximum absolute atomic E-state index is 13.1. The molecule has 1 aliphatic heterocycles. The standard InChI is InChI=1S/C26H21BrN2O3S2/c1-16-7-10-20(11-8-16)29-25(31)23(34-26(29)33)14-18-5-3-4-6-22(18)32-15-24(30)28-21-12-9-19(27)13-17(21)2/h3-14H,15H2,1-2H3,(H,28,30)/b23-14-. The van der Waals surface area contributed by atoms with Gasteiger partial charge in [-0.15, -0.1) is 0 Å². The second-order valence-electron chi connectivity index (χ2n) is 7.69. The molecular weight excluding hydrogens is 532 g/mol. The van der Waals surface area contributed by atoms with Gasteiger partial charge in [0, 0.05) is 15.7 Å². The summed E-state index contributed by atoms with van der Waals surface area (Å²) in [5.74, 6) is 0.0498. The Morgan fingerprint density at radius 2 is 1.85 bits per heavy atom. The molecule has 0 saturated carbocycles. The predicted octanol–water partition coefficient (Wildman–Crippen LogP) is 6.49. The van der Waals surface area contributed by atoms with Crippen LogP contribution in [-0.2, 0) is 9.59 Å². The van der Waals surface area contributed by atoms with Crippen LogP contribution in [0.1, 0.15) is 16.7 Å². The van der Waals surface area contributed by atoms with Gasteiger partial charge in [0.05, 0.1) is 10.6 Å². The van der Waals surface area contributed by atoms with Crippen molar-refractivity contribution in [2.75, 3.05) is 16.8 Å². The molecule has 0 spiro atoms. The molecule has 3 aromatic rings. The topological polar surface area (TPSA) is 58.6 Å². The van der Waals surface area contributed by atoms with Crippen LogP contribution in [0.4, 0.5) is 11.4 Å². The molecule has 0 unspecified atom stereocenters. The lowest BCUT2D eigenvalue weighted by molar-refractivity contribution is -0.118. The number of hydrogen-bond acceptors (Lipinski definition) is 5. The average molecular weight is 554 g/mol. The molecule has 0 bridgehead atoms. The van der Waals surface area contributed by atoms with Gasteiger partial charge in [0.1, 0.15) is 5.75 Å². The highest BCUT2D eigenvalue weighted by Gasteiger charge is 2.33. The van der Waals surface area contributed by atoms with E-state index in [-0.39, 0.29) is 18.4 Å². The third kappa shape index (κ3) is 5.58. The zero-order valence-electron chi connectivity index (χ0n) is 18.5. The second kappa shape index (κ2) is 10.5. The Morgan fingerprint density at radius 3 is 2.59 bits per heavy atom. The molecule has 172 valence electrons. The zero-order chi connectivity index (χ0) is 24.2. The van der Waals surface area contributed by atoms with Gasteiger partial charge in [-0.2, -0.15) is 0 Å². The minimum Gasteiger partial charge on any atom is -0.483 e. The van der Waals surface area contributed by atoms with Crippen molar-refractivity contribution in [3.63, 3.8) is 0 Å². The fraction of sp³-hybridized carbons (Fsp3) is 0.115. The van der Waals surface area contributed by atoms with Gasteiger partial charge >= 0.3 is 0 Å². The molecular formula is C26H21BrN2O3S2. The van der Waals surface area contributed by atoms with E-state index < -0.39 is 0 Å². The van der Waals surface area contributed by atoms with Crippen molar-refractivity contribution >= 4 is 73.5 Å². The number of amides is 2. The largest absolute Gasteiger partial charge is 0.483 e. The summed E-state index contributed by atoms with van der Waals surface area (Å²) >= 11 is 10.1. The molecule has 5 nitrogen and oxygen atoms in total. The van der Waals surface area contributed by atoms with E-state index in [1.807, 2.05) is 74.5 Å². The highest BCUT2D eigenvalue weighted by Crippen LogP contribution is 2.37. The van der Waals surface area contributed by atoms with Crippen molar-refractivity contribution in [1.29, 1.82) is 0 Å². The Bertz CT molecular complexity index is 1310. The van der Waals surface area contributed by atoms with E-state index in [0.717, 1.165) is 27.0 Å². The Labute approximate surface area is 216 Å². The molecule has 0 atom stereocenters. The Hall–Kier alpha value is -2.94. The van der Waals surface area contributed by atoms with Crippen LogP contribution >= 0.6 is 39.9 Å². The van der Waals surface area contributed by atoms with Gasteiger partial charge in [-0.1, -0.05) is 75.8 Å². The number of halogens is 1. The summed E-state index contributed by atoms with van der Waals surface area (Å²) in [4.78, 5) is 27.6. The van der Waals surface area contributed by atoms with Crippen LogP contribution in [0.2, 0.25) is 0 Å². The van der Waals surface area contributed by atoms with E-state index in [2.05, 4.69) is 21.2 Å². The minimum absolute atomic E-state index is 0.162. The number of para-hydroxylation sites is 1. The first kappa shape index (κ1) is 24.2. The lowest BCUT2D eigenvalue weighted by atomic mass is 10.1. The van der Waals surface area contributed by atoms with Gasteiger partial charge in [-0.25, -0.2) is 0 Å². The molecule has 34 heavy (non-hydrogen) atoms. The lowest BCUT2D eigenvalue weighted by Gasteiger charge is -2.14. The van der Waals surface area contributed by atoms with Crippen LogP contribution < -0.4 is 15.0 Å². The molecule has 3 aromatic carbocycles. The van der Waals surface area contributed by atoms with E-state index in [0.29, 0.717) is 20.5 Å². The van der Waals surface area contributed by atoms with Crippen LogP contribution in [-0.4, -0.2) is 22.7 Å². The molecule has 0 aliphatic carbocycles. The van der Waals surface area contributed by atoms with Crippen molar-refractivity contribution in [3.05, 3.63) is 92.8 Å². The molecule has 8 heteroatoms. The van der Waals surface area contributed by atoms with Crippen LogP contribution in [0, 0.1) is 13.8 Å². The summed E-state index contributed by atoms with van der Waals surface area (Å²) < 4.78 is 7.22. The zero-order valence-corrected chi connectivity index (χ0v) is 21.7. The molecule has 1 heterocycles. The summed E-state index contributed by atoms with van der Waals surface area (Å²) in [6.45, 7) is 3.75. The monoisotopic (exact) mass is 552 g/mol. The molecule has 4 rings (SSSR count). The molecule has 1 aliphatic rings. The summed E-state index contributed by atoms with van der Waals surface area (Å²) in [6, 6.07) is 20.6. The van der Waals surface area contributed by atoms with Crippen molar-refractivity contribution in [2.24, 2.45) is 0 Å². The number of carbonyl (C=O) groups is 2. The number of ether oxygens (including phenoxy) is 1. The highest BCUT2D eigenvalue weighted by molar-refractivity contribution is 9.10. The number of carbonyl (C=O) groups excluding carboxylic acids is 2. The quantitative estimate of drug-likeness (QED) is 0.280. The summed E-state index contributed by atoms with van der Waals surface area (Å²) in [6.07, 6.45) is 1.75. The summed E-state index contributed by atoms with van der Waals surface area (Å²) in [5.41, 5.74) is 4.21. The smallest absolute Gasteiger partial charge is 0.270 e.